The lowest BCUT2D eigenvalue weighted by Gasteiger charge is -2.06. The second-order valence-electron chi connectivity index (χ2n) is 2.90. The molecule has 0 bridgehead atoms. The molecule has 0 aromatic heterocycles. The molecule has 1 saturated heterocycles. The molecule has 0 spiro atoms. The number of ether oxygens (including phenoxy) is 1. The maximum Gasteiger partial charge on any atom is 0.161 e. The van der Waals surface area contributed by atoms with Gasteiger partial charge in [-0.3, -0.25) is 4.79 Å². The lowest BCUT2D eigenvalue weighted by Crippen LogP contribution is -2.30. The highest BCUT2D eigenvalue weighted by atomic mass is 16.5. The van der Waals surface area contributed by atoms with Crippen molar-refractivity contribution in [2.45, 2.75) is 25.0 Å². The van der Waals surface area contributed by atoms with Gasteiger partial charge in [-0.2, -0.15) is 0 Å². The number of rotatable bonds is 3. The van der Waals surface area contributed by atoms with Crippen LogP contribution in [0.25, 0.3) is 0 Å². The summed E-state index contributed by atoms with van der Waals surface area (Å²) < 4.78 is 5.10. The highest BCUT2D eigenvalue weighted by Crippen LogP contribution is 2.11. The molecule has 66 valence electrons. The van der Waals surface area contributed by atoms with Crippen molar-refractivity contribution in [3.05, 3.63) is 0 Å². The third kappa shape index (κ3) is 2.07. The standard InChI is InChI=1S/C9H13NO2/c1-3-4-9(11)8-5-7(12-2)6-10-8/h1,7-8,10H,4-6H2,2H3. The number of methoxy groups -OCH3 is 1. The van der Waals surface area contributed by atoms with Crippen molar-refractivity contribution in [3.8, 4) is 12.3 Å². The van der Waals surface area contributed by atoms with E-state index in [1.54, 1.807) is 7.11 Å². The van der Waals surface area contributed by atoms with Crippen LogP contribution in [0.3, 0.4) is 0 Å². The number of terminal acetylenes is 1. The Labute approximate surface area is 72.5 Å². The Morgan fingerprint density at radius 2 is 2.58 bits per heavy atom. The normalized spacial score (nSPS) is 28.3. The van der Waals surface area contributed by atoms with Gasteiger partial charge in [-0.05, 0) is 6.42 Å². The second-order valence-corrected chi connectivity index (χ2v) is 2.90. The van der Waals surface area contributed by atoms with Crippen molar-refractivity contribution < 1.29 is 9.53 Å². The summed E-state index contributed by atoms with van der Waals surface area (Å²) in [6.07, 6.45) is 6.16. The first-order chi connectivity index (χ1) is 5.77. The van der Waals surface area contributed by atoms with Gasteiger partial charge >= 0.3 is 0 Å². The van der Waals surface area contributed by atoms with Gasteiger partial charge in [-0.15, -0.1) is 6.42 Å². The molecule has 1 rings (SSSR count). The van der Waals surface area contributed by atoms with E-state index < -0.39 is 0 Å². The number of hydrogen-bond donors (Lipinski definition) is 1. The Balaban J connectivity index is 2.37. The fraction of sp³-hybridized carbons (Fsp3) is 0.667. The minimum absolute atomic E-state index is 0.0917. The van der Waals surface area contributed by atoms with Crippen LogP contribution in [0.15, 0.2) is 0 Å². The lowest BCUT2D eigenvalue weighted by molar-refractivity contribution is -0.119. The van der Waals surface area contributed by atoms with Crippen molar-refractivity contribution in [1.82, 2.24) is 5.32 Å². The molecular formula is C9H13NO2. The molecule has 0 saturated carbocycles. The third-order valence-corrected chi connectivity index (χ3v) is 2.09. The first-order valence-electron chi connectivity index (χ1n) is 4.00. The van der Waals surface area contributed by atoms with Gasteiger partial charge < -0.3 is 10.1 Å². The quantitative estimate of drug-likeness (QED) is 0.599. The van der Waals surface area contributed by atoms with Gasteiger partial charge in [0.15, 0.2) is 5.78 Å². The molecule has 0 aliphatic carbocycles. The fourth-order valence-corrected chi connectivity index (χ4v) is 1.35. The van der Waals surface area contributed by atoms with Crippen LogP contribution in [0.2, 0.25) is 0 Å². The van der Waals surface area contributed by atoms with E-state index in [0.29, 0.717) is 0 Å². The van der Waals surface area contributed by atoms with Crippen molar-refractivity contribution in [2.75, 3.05) is 13.7 Å². The van der Waals surface area contributed by atoms with Gasteiger partial charge in [0.2, 0.25) is 0 Å². The predicted octanol–water partition coefficient (Wildman–Crippen LogP) is -0.0443. The summed E-state index contributed by atoms with van der Waals surface area (Å²) in [6, 6.07) is -0.0917. The van der Waals surface area contributed by atoms with E-state index in [1.807, 2.05) is 0 Å². The van der Waals surface area contributed by atoms with E-state index in [9.17, 15) is 4.79 Å². The molecule has 0 aromatic rings. The number of Topliss-reactive ketones (excluding diaryl/α,β-unsaturated/α-hetero) is 1. The van der Waals surface area contributed by atoms with Crippen LogP contribution in [0.1, 0.15) is 12.8 Å². The summed E-state index contributed by atoms with van der Waals surface area (Å²) in [5.74, 6) is 2.44. The Morgan fingerprint density at radius 1 is 1.83 bits per heavy atom. The average Bonchev–Trinajstić information content (AvgIpc) is 2.52. The molecule has 3 heteroatoms. The lowest BCUT2D eigenvalue weighted by atomic mass is 10.1. The van der Waals surface area contributed by atoms with Crippen LogP contribution >= 0.6 is 0 Å². The summed E-state index contributed by atoms with van der Waals surface area (Å²) >= 11 is 0. The van der Waals surface area contributed by atoms with Gasteiger partial charge in [0, 0.05) is 13.7 Å². The molecule has 1 heterocycles. The SMILES string of the molecule is C#CCC(=O)C1CC(OC)CN1. The molecule has 2 atom stereocenters. The Kier molecular flexibility index (Phi) is 3.27. The molecule has 0 radical (unpaired) electrons. The number of nitrogens with one attached hydrogen (secondary N) is 1. The minimum atomic E-state index is -0.0917. The zero-order valence-corrected chi connectivity index (χ0v) is 7.17. The summed E-state index contributed by atoms with van der Waals surface area (Å²) in [5.41, 5.74) is 0. The highest BCUT2D eigenvalue weighted by Gasteiger charge is 2.28. The fourth-order valence-electron chi connectivity index (χ4n) is 1.35. The van der Waals surface area contributed by atoms with Crippen molar-refractivity contribution in [3.63, 3.8) is 0 Å². The first-order valence-corrected chi connectivity index (χ1v) is 4.00. The molecule has 12 heavy (non-hydrogen) atoms. The van der Waals surface area contributed by atoms with Crippen LogP contribution in [0.5, 0.6) is 0 Å². The van der Waals surface area contributed by atoms with Crippen LogP contribution < -0.4 is 5.32 Å². The summed E-state index contributed by atoms with van der Waals surface area (Å²) in [5, 5.41) is 3.07. The van der Waals surface area contributed by atoms with Crippen molar-refractivity contribution in [2.24, 2.45) is 0 Å². The average molecular weight is 167 g/mol. The monoisotopic (exact) mass is 167 g/mol. The summed E-state index contributed by atoms with van der Waals surface area (Å²) in [7, 11) is 1.65. The van der Waals surface area contributed by atoms with Crippen LogP contribution in [-0.4, -0.2) is 31.6 Å². The van der Waals surface area contributed by atoms with E-state index in [1.165, 1.54) is 0 Å². The van der Waals surface area contributed by atoms with Gasteiger partial charge in [0.25, 0.3) is 0 Å². The van der Waals surface area contributed by atoms with Crippen LogP contribution in [0.4, 0.5) is 0 Å². The smallest absolute Gasteiger partial charge is 0.161 e. The van der Waals surface area contributed by atoms with Gasteiger partial charge in [-0.25, -0.2) is 0 Å². The van der Waals surface area contributed by atoms with E-state index in [2.05, 4.69) is 11.2 Å². The minimum Gasteiger partial charge on any atom is -0.380 e. The number of carbonyl (C=O) groups excluding carboxylic acids is 1. The molecular weight excluding hydrogens is 154 g/mol. The van der Waals surface area contributed by atoms with E-state index in [-0.39, 0.29) is 24.3 Å². The van der Waals surface area contributed by atoms with Gasteiger partial charge in [0.05, 0.1) is 18.6 Å². The van der Waals surface area contributed by atoms with E-state index >= 15 is 0 Å². The molecule has 1 N–H and O–H groups in total. The van der Waals surface area contributed by atoms with Gasteiger partial charge in [-0.1, -0.05) is 5.92 Å². The molecule has 0 aromatic carbocycles. The van der Waals surface area contributed by atoms with Crippen LogP contribution in [-0.2, 0) is 9.53 Å². The molecule has 3 nitrogen and oxygen atoms in total. The van der Waals surface area contributed by atoms with E-state index in [4.69, 9.17) is 11.2 Å². The Hall–Kier alpha value is -0.850. The van der Waals surface area contributed by atoms with Crippen molar-refractivity contribution >= 4 is 5.78 Å². The Morgan fingerprint density at radius 3 is 3.08 bits per heavy atom. The van der Waals surface area contributed by atoms with Gasteiger partial charge in [0.1, 0.15) is 0 Å². The molecule has 1 aliphatic heterocycles. The first kappa shape index (κ1) is 9.24. The molecule has 2 unspecified atom stereocenters. The summed E-state index contributed by atoms with van der Waals surface area (Å²) in [4.78, 5) is 11.2. The molecule has 1 fully saturated rings. The van der Waals surface area contributed by atoms with E-state index in [0.717, 1.165) is 13.0 Å². The zero-order chi connectivity index (χ0) is 8.97. The predicted molar refractivity (Wildman–Crippen MR) is 45.7 cm³/mol. The maximum absolute atomic E-state index is 11.2. The molecule has 1 aliphatic rings. The topological polar surface area (TPSA) is 38.3 Å². The molecule has 0 amide bonds. The Bertz CT molecular complexity index is 207. The second kappa shape index (κ2) is 4.24. The zero-order valence-electron chi connectivity index (χ0n) is 7.17. The highest BCUT2D eigenvalue weighted by molar-refractivity contribution is 5.86. The van der Waals surface area contributed by atoms with Crippen molar-refractivity contribution in [1.29, 1.82) is 0 Å². The third-order valence-electron chi connectivity index (χ3n) is 2.09. The van der Waals surface area contributed by atoms with Crippen LogP contribution in [0, 0.1) is 12.3 Å². The number of hydrogen-bond acceptors (Lipinski definition) is 3. The number of ketones is 1. The largest absolute Gasteiger partial charge is 0.380 e. The number of carbonyl (C=O) groups is 1. The summed E-state index contributed by atoms with van der Waals surface area (Å²) in [6.45, 7) is 0.747. The maximum atomic E-state index is 11.2.